The molecule has 0 aliphatic heterocycles. The minimum atomic E-state index is -1.10. The second-order valence-electron chi connectivity index (χ2n) is 8.10. The van der Waals surface area contributed by atoms with Gasteiger partial charge in [-0.05, 0) is 53.3 Å². The number of halogens is 1. The molecule has 0 bridgehead atoms. The largest absolute Gasteiger partial charge is 0.480 e. The number of carboxylic acid groups (broad SMARTS) is 1. The second-order valence-corrected chi connectivity index (χ2v) is 8.51. The van der Waals surface area contributed by atoms with Crippen molar-refractivity contribution in [1.29, 1.82) is 0 Å². The van der Waals surface area contributed by atoms with Gasteiger partial charge in [-0.2, -0.15) is 0 Å². The molecule has 6 heteroatoms. The molecule has 1 aliphatic carbocycles. The number of benzene rings is 3. The topological polar surface area (TPSA) is 83.5 Å². The predicted octanol–water partition coefficient (Wildman–Crippen LogP) is 4.71. The number of carboxylic acids is 1. The fraction of sp³-hybridized carbons (Fsp3) is 0.192. The summed E-state index contributed by atoms with van der Waals surface area (Å²) < 4.78 is 0. The van der Waals surface area contributed by atoms with Crippen molar-refractivity contribution in [3.05, 3.63) is 94.5 Å². The first-order chi connectivity index (χ1) is 15.4. The van der Waals surface area contributed by atoms with E-state index in [4.69, 9.17) is 11.6 Å². The zero-order valence-corrected chi connectivity index (χ0v) is 18.1. The summed E-state index contributed by atoms with van der Waals surface area (Å²) in [7, 11) is 0. The van der Waals surface area contributed by atoms with Crippen molar-refractivity contribution in [1.82, 2.24) is 5.32 Å². The van der Waals surface area contributed by atoms with Crippen molar-refractivity contribution < 1.29 is 19.5 Å². The van der Waals surface area contributed by atoms with E-state index >= 15 is 0 Å². The van der Waals surface area contributed by atoms with Gasteiger partial charge in [0.25, 0.3) is 5.91 Å². The molecule has 1 fully saturated rings. The van der Waals surface area contributed by atoms with Gasteiger partial charge in [-0.15, -0.1) is 0 Å². The maximum atomic E-state index is 12.4. The maximum Gasteiger partial charge on any atom is 0.329 e. The molecule has 0 unspecified atom stereocenters. The monoisotopic (exact) mass is 447 g/mol. The molecule has 2 N–H and O–H groups in total. The molecule has 0 radical (unpaired) electrons. The summed E-state index contributed by atoms with van der Waals surface area (Å²) in [5.41, 5.74) is 2.96. The first-order valence-corrected chi connectivity index (χ1v) is 10.7. The van der Waals surface area contributed by atoms with Gasteiger partial charge in [0, 0.05) is 23.4 Å². The van der Waals surface area contributed by atoms with Crippen molar-refractivity contribution in [2.75, 3.05) is 0 Å². The van der Waals surface area contributed by atoms with E-state index in [9.17, 15) is 19.5 Å². The molecule has 1 saturated carbocycles. The molecule has 32 heavy (non-hydrogen) atoms. The Hall–Kier alpha value is -3.44. The lowest BCUT2D eigenvalue weighted by Gasteiger charge is -2.12. The highest BCUT2D eigenvalue weighted by Crippen LogP contribution is 2.35. The number of hydrogen-bond donors (Lipinski definition) is 2. The molecule has 0 spiro atoms. The van der Waals surface area contributed by atoms with E-state index in [0.29, 0.717) is 36.3 Å². The third-order valence-corrected chi connectivity index (χ3v) is 6.06. The van der Waals surface area contributed by atoms with Crippen LogP contribution in [0.4, 0.5) is 0 Å². The summed E-state index contributed by atoms with van der Waals surface area (Å²) in [6.07, 6.45) is 1.54. The number of Topliss-reactive ketones (excluding diaryl/α,β-unsaturated/α-hetero) is 1. The molecule has 5 nitrogen and oxygen atoms in total. The number of hydrogen-bond acceptors (Lipinski definition) is 3. The van der Waals surface area contributed by atoms with E-state index in [2.05, 4.69) is 5.32 Å². The van der Waals surface area contributed by atoms with Crippen molar-refractivity contribution in [3.8, 4) is 11.1 Å². The number of carbonyl (C=O) groups is 3. The van der Waals surface area contributed by atoms with Crippen LogP contribution < -0.4 is 5.32 Å². The van der Waals surface area contributed by atoms with Crippen LogP contribution in [0.1, 0.15) is 34.3 Å². The zero-order valence-electron chi connectivity index (χ0n) is 17.3. The third-order valence-electron chi connectivity index (χ3n) is 5.69. The molecule has 3 aromatic rings. The number of aliphatic carboxylic acids is 1. The Morgan fingerprint density at radius 2 is 1.44 bits per heavy atom. The predicted molar refractivity (Wildman–Crippen MR) is 123 cm³/mol. The Kier molecular flexibility index (Phi) is 6.10. The van der Waals surface area contributed by atoms with Crippen LogP contribution >= 0.6 is 11.6 Å². The van der Waals surface area contributed by atoms with Gasteiger partial charge < -0.3 is 10.4 Å². The van der Waals surface area contributed by atoms with Gasteiger partial charge in [-0.1, -0.05) is 66.2 Å². The van der Waals surface area contributed by atoms with Gasteiger partial charge in [0.15, 0.2) is 0 Å². The molecule has 0 saturated heterocycles. The Morgan fingerprint density at radius 3 is 2.00 bits per heavy atom. The van der Waals surface area contributed by atoms with Crippen LogP contribution in [-0.2, 0) is 22.4 Å². The van der Waals surface area contributed by atoms with Crippen LogP contribution in [0.3, 0.4) is 0 Å². The highest BCUT2D eigenvalue weighted by atomic mass is 35.5. The standard InChI is InChI=1S/C26H22ClNO4/c27-23-4-2-1-3-21(23)16-22(29)15-17-5-7-18(8-6-17)19-9-11-20(12-10-19)24(30)28-26(13-14-26)25(31)32/h1-12H,13-16H2,(H,28,30)(H,31,32). The summed E-state index contributed by atoms with van der Waals surface area (Å²) >= 11 is 6.14. The summed E-state index contributed by atoms with van der Waals surface area (Å²) in [5.74, 6) is -1.28. The molecular weight excluding hydrogens is 426 g/mol. The number of amides is 1. The van der Waals surface area contributed by atoms with E-state index in [1.807, 2.05) is 54.6 Å². The Morgan fingerprint density at radius 1 is 0.844 bits per heavy atom. The number of rotatable bonds is 8. The Labute approximate surface area is 191 Å². The van der Waals surface area contributed by atoms with Crippen molar-refractivity contribution in [2.24, 2.45) is 0 Å². The minimum absolute atomic E-state index is 0.0935. The highest BCUT2D eigenvalue weighted by molar-refractivity contribution is 6.31. The molecule has 1 aliphatic rings. The smallest absolute Gasteiger partial charge is 0.329 e. The number of nitrogens with one attached hydrogen (secondary N) is 1. The number of ketones is 1. The fourth-order valence-electron chi connectivity index (χ4n) is 3.58. The summed E-state index contributed by atoms with van der Waals surface area (Å²) in [5, 5.41) is 12.4. The van der Waals surface area contributed by atoms with Crippen molar-refractivity contribution in [3.63, 3.8) is 0 Å². The maximum absolute atomic E-state index is 12.4. The lowest BCUT2D eigenvalue weighted by atomic mass is 9.99. The van der Waals surface area contributed by atoms with Crippen molar-refractivity contribution in [2.45, 2.75) is 31.2 Å². The Bertz CT molecular complexity index is 1170. The second kappa shape index (κ2) is 8.97. The van der Waals surface area contributed by atoms with Crippen LogP contribution in [-0.4, -0.2) is 28.3 Å². The van der Waals surface area contributed by atoms with Gasteiger partial charge in [-0.3, -0.25) is 9.59 Å². The molecule has 0 heterocycles. The SMILES string of the molecule is O=C(Cc1ccc(-c2ccc(C(=O)NC3(C(=O)O)CC3)cc2)cc1)Cc1ccccc1Cl. The average molecular weight is 448 g/mol. The highest BCUT2D eigenvalue weighted by Gasteiger charge is 2.51. The minimum Gasteiger partial charge on any atom is -0.480 e. The van der Waals surface area contributed by atoms with Crippen LogP contribution in [0, 0.1) is 0 Å². The summed E-state index contributed by atoms with van der Waals surface area (Å²) in [4.78, 5) is 36.0. The first kappa shape index (κ1) is 21.8. The molecule has 0 atom stereocenters. The summed E-state index contributed by atoms with van der Waals surface area (Å²) in [6.45, 7) is 0. The Balaban J connectivity index is 1.37. The van der Waals surface area contributed by atoms with Gasteiger partial charge in [-0.25, -0.2) is 4.79 Å². The molecule has 162 valence electrons. The lowest BCUT2D eigenvalue weighted by molar-refractivity contribution is -0.140. The van der Waals surface area contributed by atoms with E-state index in [1.165, 1.54) is 0 Å². The van der Waals surface area contributed by atoms with E-state index in [1.54, 1.807) is 18.2 Å². The third kappa shape index (κ3) is 4.89. The van der Waals surface area contributed by atoms with Crippen molar-refractivity contribution >= 4 is 29.3 Å². The van der Waals surface area contributed by atoms with Gasteiger partial charge in [0.1, 0.15) is 11.3 Å². The molecule has 4 rings (SSSR count). The van der Waals surface area contributed by atoms with E-state index in [0.717, 1.165) is 22.3 Å². The van der Waals surface area contributed by atoms with Gasteiger partial charge in [0.05, 0.1) is 0 Å². The normalized spacial score (nSPS) is 13.9. The lowest BCUT2D eigenvalue weighted by Crippen LogP contribution is -2.43. The van der Waals surface area contributed by atoms with Crippen LogP contribution in [0.25, 0.3) is 11.1 Å². The average Bonchev–Trinajstić information content (AvgIpc) is 3.57. The van der Waals surface area contributed by atoms with Crippen LogP contribution in [0.15, 0.2) is 72.8 Å². The van der Waals surface area contributed by atoms with E-state index < -0.39 is 11.5 Å². The molecule has 0 aromatic heterocycles. The number of carbonyl (C=O) groups excluding carboxylic acids is 2. The van der Waals surface area contributed by atoms with Gasteiger partial charge >= 0.3 is 5.97 Å². The fourth-order valence-corrected chi connectivity index (χ4v) is 3.78. The van der Waals surface area contributed by atoms with Crippen LogP contribution in [0.2, 0.25) is 5.02 Å². The molecule has 1 amide bonds. The van der Waals surface area contributed by atoms with Gasteiger partial charge in [0.2, 0.25) is 0 Å². The quantitative estimate of drug-likeness (QED) is 0.524. The summed E-state index contributed by atoms with van der Waals surface area (Å²) in [6, 6.07) is 22.1. The first-order valence-electron chi connectivity index (χ1n) is 10.4. The zero-order chi connectivity index (χ0) is 22.7. The molecular formula is C26H22ClNO4. The molecule has 3 aromatic carbocycles. The van der Waals surface area contributed by atoms with E-state index in [-0.39, 0.29) is 11.7 Å². The van der Waals surface area contributed by atoms with Crippen LogP contribution in [0.5, 0.6) is 0 Å².